The van der Waals surface area contributed by atoms with Gasteiger partial charge in [0.05, 0.1) is 10.6 Å². The smallest absolute Gasteiger partial charge is 0.340 e. The van der Waals surface area contributed by atoms with Crippen molar-refractivity contribution < 1.29 is 18.7 Å². The fraction of sp³-hybridized carbons (Fsp3) is 0.176. The molecule has 23 heavy (non-hydrogen) atoms. The molecule has 6 heteroatoms. The summed E-state index contributed by atoms with van der Waals surface area (Å²) < 4.78 is 18.5. The van der Waals surface area contributed by atoms with E-state index in [0.29, 0.717) is 5.56 Å². The maximum absolute atomic E-state index is 13.6. The summed E-state index contributed by atoms with van der Waals surface area (Å²) in [6, 6.07) is 12.6. The molecule has 0 radical (unpaired) electrons. The van der Waals surface area contributed by atoms with Crippen molar-refractivity contribution >= 4 is 23.5 Å². The number of carbonyl (C=O) groups is 2. The Morgan fingerprint density at radius 3 is 2.48 bits per heavy atom. The van der Waals surface area contributed by atoms with Gasteiger partial charge >= 0.3 is 5.97 Å². The molecule has 0 saturated carbocycles. The minimum atomic E-state index is -0.678. The van der Waals surface area contributed by atoms with Crippen molar-refractivity contribution in [1.82, 2.24) is 4.90 Å². The van der Waals surface area contributed by atoms with Crippen molar-refractivity contribution in [3.63, 3.8) is 0 Å². The van der Waals surface area contributed by atoms with Crippen molar-refractivity contribution in [2.75, 3.05) is 13.7 Å². The molecule has 1 amide bonds. The maximum Gasteiger partial charge on any atom is 0.340 e. The first-order valence-corrected chi connectivity index (χ1v) is 7.26. The third-order valence-electron chi connectivity index (χ3n) is 3.21. The van der Waals surface area contributed by atoms with Crippen LogP contribution in [0.4, 0.5) is 4.39 Å². The van der Waals surface area contributed by atoms with Gasteiger partial charge in [0.25, 0.3) is 5.91 Å². The number of benzene rings is 2. The van der Waals surface area contributed by atoms with E-state index in [-0.39, 0.29) is 22.9 Å². The Kier molecular flexibility index (Phi) is 5.71. The number of rotatable bonds is 5. The average Bonchev–Trinajstić information content (AvgIpc) is 2.54. The number of hydrogen-bond donors (Lipinski definition) is 0. The Balaban J connectivity index is 1.91. The zero-order chi connectivity index (χ0) is 16.8. The number of halogens is 2. The predicted molar refractivity (Wildman–Crippen MR) is 84.6 cm³/mol. The van der Waals surface area contributed by atoms with Crippen LogP contribution in [0.1, 0.15) is 15.9 Å². The van der Waals surface area contributed by atoms with E-state index in [0.717, 1.165) is 0 Å². The van der Waals surface area contributed by atoms with Gasteiger partial charge < -0.3 is 9.64 Å². The Morgan fingerprint density at radius 2 is 1.78 bits per heavy atom. The van der Waals surface area contributed by atoms with Gasteiger partial charge in [0.1, 0.15) is 5.82 Å². The molecule has 2 aromatic rings. The molecule has 0 aliphatic carbocycles. The lowest BCUT2D eigenvalue weighted by atomic mass is 10.2. The van der Waals surface area contributed by atoms with Crippen molar-refractivity contribution in [3.05, 3.63) is 70.5 Å². The number of ether oxygens (including phenoxy) is 1. The van der Waals surface area contributed by atoms with Gasteiger partial charge in [0.2, 0.25) is 0 Å². The lowest BCUT2D eigenvalue weighted by Gasteiger charge is -2.17. The molecule has 0 aliphatic rings. The van der Waals surface area contributed by atoms with Crippen LogP contribution in [0.3, 0.4) is 0 Å². The summed E-state index contributed by atoms with van der Waals surface area (Å²) in [7, 11) is 1.51. The monoisotopic (exact) mass is 335 g/mol. The summed E-state index contributed by atoms with van der Waals surface area (Å²) in [4.78, 5) is 25.1. The predicted octanol–water partition coefficient (Wildman–Crippen LogP) is 3.29. The second-order valence-corrected chi connectivity index (χ2v) is 5.30. The molecule has 120 valence electrons. The Hall–Kier alpha value is -2.40. The first-order chi connectivity index (χ1) is 11.0. The Bertz CT molecular complexity index is 720. The van der Waals surface area contributed by atoms with Gasteiger partial charge in [-0.15, -0.1) is 0 Å². The molecule has 2 rings (SSSR count). The van der Waals surface area contributed by atoms with Crippen LogP contribution < -0.4 is 0 Å². The summed E-state index contributed by atoms with van der Waals surface area (Å²) in [6.07, 6.45) is 0. The molecular weight excluding hydrogens is 321 g/mol. The number of hydrogen-bond acceptors (Lipinski definition) is 3. The molecule has 0 atom stereocenters. The molecule has 0 spiro atoms. The van der Waals surface area contributed by atoms with Crippen LogP contribution in [0, 0.1) is 5.82 Å². The molecule has 2 aromatic carbocycles. The highest BCUT2D eigenvalue weighted by atomic mass is 35.5. The van der Waals surface area contributed by atoms with E-state index in [1.165, 1.54) is 24.1 Å². The molecule has 0 fully saturated rings. The molecule has 0 saturated heterocycles. The molecule has 0 unspecified atom stereocenters. The normalized spacial score (nSPS) is 10.2. The van der Waals surface area contributed by atoms with Gasteiger partial charge in [-0.25, -0.2) is 9.18 Å². The summed E-state index contributed by atoms with van der Waals surface area (Å²) >= 11 is 5.88. The molecule has 0 bridgehead atoms. The standard InChI is InChI=1S/C17H15ClFNO3/c1-20(10-12-6-2-5-9-15(12)19)16(21)11-23-17(22)13-7-3-4-8-14(13)18/h2-9H,10-11H2,1H3. The van der Waals surface area contributed by atoms with Crippen LogP contribution >= 0.6 is 11.6 Å². The molecule has 0 N–H and O–H groups in total. The highest BCUT2D eigenvalue weighted by Crippen LogP contribution is 2.16. The lowest BCUT2D eigenvalue weighted by Crippen LogP contribution is -2.31. The molecule has 0 heterocycles. The zero-order valence-electron chi connectivity index (χ0n) is 12.5. The average molecular weight is 336 g/mol. The highest BCUT2D eigenvalue weighted by molar-refractivity contribution is 6.33. The van der Waals surface area contributed by atoms with Gasteiger partial charge in [-0.2, -0.15) is 0 Å². The van der Waals surface area contributed by atoms with Crippen molar-refractivity contribution in [1.29, 1.82) is 0 Å². The summed E-state index contributed by atoms with van der Waals surface area (Å²) in [5, 5.41) is 0.254. The second-order valence-electron chi connectivity index (χ2n) is 4.90. The van der Waals surface area contributed by atoms with Crippen LogP contribution in [-0.2, 0) is 16.1 Å². The van der Waals surface area contributed by atoms with Crippen LogP contribution in [0.25, 0.3) is 0 Å². The minimum absolute atomic E-state index is 0.0924. The van der Waals surface area contributed by atoms with E-state index in [1.54, 1.807) is 36.4 Å². The Labute approximate surface area is 138 Å². The number of esters is 1. The quantitative estimate of drug-likeness (QED) is 0.788. The van der Waals surface area contributed by atoms with Crippen LogP contribution in [0.15, 0.2) is 48.5 Å². The molecule has 0 aromatic heterocycles. The van der Waals surface area contributed by atoms with Gasteiger partial charge in [-0.1, -0.05) is 41.9 Å². The Morgan fingerprint density at radius 1 is 1.13 bits per heavy atom. The largest absolute Gasteiger partial charge is 0.452 e. The van der Waals surface area contributed by atoms with E-state index in [9.17, 15) is 14.0 Å². The van der Waals surface area contributed by atoms with Gasteiger partial charge in [0, 0.05) is 19.2 Å². The van der Waals surface area contributed by atoms with Gasteiger partial charge in [-0.05, 0) is 18.2 Å². The van der Waals surface area contributed by atoms with E-state index >= 15 is 0 Å². The van der Waals surface area contributed by atoms with Crippen LogP contribution in [0.2, 0.25) is 5.02 Å². The van der Waals surface area contributed by atoms with E-state index in [1.807, 2.05) is 0 Å². The molecule has 0 aliphatic heterocycles. The first kappa shape index (κ1) is 17.0. The van der Waals surface area contributed by atoms with Crippen molar-refractivity contribution in [3.8, 4) is 0 Å². The topological polar surface area (TPSA) is 46.6 Å². The first-order valence-electron chi connectivity index (χ1n) is 6.88. The number of nitrogens with zero attached hydrogens (tertiary/aromatic N) is 1. The molecule has 4 nitrogen and oxygen atoms in total. The highest BCUT2D eigenvalue weighted by Gasteiger charge is 2.16. The third kappa shape index (κ3) is 4.53. The fourth-order valence-electron chi connectivity index (χ4n) is 1.91. The van der Waals surface area contributed by atoms with Gasteiger partial charge in [0.15, 0.2) is 6.61 Å². The zero-order valence-corrected chi connectivity index (χ0v) is 13.2. The SMILES string of the molecule is CN(Cc1ccccc1F)C(=O)COC(=O)c1ccccc1Cl. The van der Waals surface area contributed by atoms with Crippen molar-refractivity contribution in [2.24, 2.45) is 0 Å². The minimum Gasteiger partial charge on any atom is -0.452 e. The van der Waals surface area contributed by atoms with E-state index < -0.39 is 18.5 Å². The van der Waals surface area contributed by atoms with Crippen LogP contribution in [0.5, 0.6) is 0 Å². The maximum atomic E-state index is 13.6. The van der Waals surface area contributed by atoms with Gasteiger partial charge in [-0.3, -0.25) is 4.79 Å². The van der Waals surface area contributed by atoms with E-state index in [4.69, 9.17) is 16.3 Å². The number of carbonyl (C=O) groups excluding carboxylic acids is 2. The van der Waals surface area contributed by atoms with E-state index in [2.05, 4.69) is 0 Å². The van der Waals surface area contributed by atoms with Crippen LogP contribution in [-0.4, -0.2) is 30.4 Å². The summed E-state index contributed by atoms with van der Waals surface area (Å²) in [5.41, 5.74) is 0.583. The fourth-order valence-corrected chi connectivity index (χ4v) is 2.13. The second kappa shape index (κ2) is 7.74. The summed E-state index contributed by atoms with van der Waals surface area (Å²) in [5.74, 6) is -1.50. The van der Waals surface area contributed by atoms with Crippen molar-refractivity contribution in [2.45, 2.75) is 6.54 Å². The number of likely N-dealkylation sites (N-methyl/N-ethyl adjacent to an activating group) is 1. The summed E-state index contributed by atoms with van der Waals surface area (Å²) in [6.45, 7) is -0.343. The lowest BCUT2D eigenvalue weighted by molar-refractivity contribution is -0.133. The number of amides is 1. The molecular formula is C17H15ClFNO3. The third-order valence-corrected chi connectivity index (χ3v) is 3.54.